The Morgan fingerprint density at radius 1 is 1.18 bits per heavy atom. The van der Waals surface area contributed by atoms with Crippen molar-refractivity contribution in [3.05, 3.63) is 52.5 Å². The summed E-state index contributed by atoms with van der Waals surface area (Å²) < 4.78 is 5.58. The first-order valence-corrected chi connectivity index (χ1v) is 7.16. The van der Waals surface area contributed by atoms with Crippen molar-refractivity contribution < 1.29 is 30.8 Å². The van der Waals surface area contributed by atoms with Gasteiger partial charge in [-0.05, 0) is 41.9 Å². The van der Waals surface area contributed by atoms with Gasteiger partial charge in [0.15, 0.2) is 0 Å². The first kappa shape index (κ1) is 19.5. The van der Waals surface area contributed by atoms with Crippen LogP contribution in [0.5, 0.6) is 5.75 Å². The van der Waals surface area contributed by atoms with E-state index in [9.17, 15) is 0 Å². The van der Waals surface area contributed by atoms with E-state index < -0.39 is 0 Å². The van der Waals surface area contributed by atoms with Gasteiger partial charge in [-0.3, -0.25) is 0 Å². The molecule has 0 atom stereocenters. The Labute approximate surface area is 159 Å². The zero-order valence-corrected chi connectivity index (χ0v) is 15.8. The SMILES string of the molecule is CN(C(=S)Oc1ccccc1)c1cc([B]O)c(Cl)cc1Cl.[Mo]. The maximum absolute atomic E-state index is 9.15. The van der Waals surface area contributed by atoms with Gasteiger partial charge in [0.05, 0.1) is 10.7 Å². The van der Waals surface area contributed by atoms with Gasteiger partial charge in [-0.15, -0.1) is 0 Å². The summed E-state index contributed by atoms with van der Waals surface area (Å²) in [7, 11) is 2.64. The van der Waals surface area contributed by atoms with Gasteiger partial charge in [-0.1, -0.05) is 41.4 Å². The Hall–Kier alpha value is -0.577. The zero-order chi connectivity index (χ0) is 15.4. The molecule has 0 spiro atoms. The van der Waals surface area contributed by atoms with Crippen LogP contribution in [0, 0.1) is 0 Å². The third-order valence-corrected chi connectivity index (χ3v) is 3.78. The predicted octanol–water partition coefficient (Wildman–Crippen LogP) is 3.03. The van der Waals surface area contributed by atoms with E-state index in [4.69, 9.17) is 45.2 Å². The van der Waals surface area contributed by atoms with Crippen molar-refractivity contribution in [2.24, 2.45) is 0 Å². The molecule has 3 nitrogen and oxygen atoms in total. The maximum Gasteiger partial charge on any atom is 0.328 e. The molecule has 0 bridgehead atoms. The molecule has 0 unspecified atom stereocenters. The van der Waals surface area contributed by atoms with Gasteiger partial charge >= 0.3 is 7.48 Å². The average Bonchev–Trinajstić information content (AvgIpc) is 2.48. The summed E-state index contributed by atoms with van der Waals surface area (Å²) in [6.07, 6.45) is 0. The first-order chi connectivity index (χ1) is 10.0. The van der Waals surface area contributed by atoms with Crippen LogP contribution in [0.4, 0.5) is 5.69 Å². The largest absolute Gasteiger partial charge is 0.450 e. The molecular weight excluding hydrogens is 424 g/mol. The molecule has 2 rings (SSSR count). The summed E-state index contributed by atoms with van der Waals surface area (Å²) in [6.45, 7) is 0. The minimum absolute atomic E-state index is 0. The zero-order valence-electron chi connectivity index (χ0n) is 11.5. The standard InChI is InChI=1S/C14H11BCl2NO2S.Mo/c1-18(14(21)20-9-5-3-2-4-6-9)13-7-10(15-19)11(16)8-12(13)17;/h2-8,19H,1H3;. The summed E-state index contributed by atoms with van der Waals surface area (Å²) >= 11 is 17.4. The second-order valence-corrected chi connectivity index (χ2v) is 5.36. The van der Waals surface area contributed by atoms with Gasteiger partial charge in [0.1, 0.15) is 5.75 Å². The molecule has 113 valence electrons. The third kappa shape index (κ3) is 4.71. The number of halogens is 2. The molecule has 0 fully saturated rings. The van der Waals surface area contributed by atoms with E-state index in [-0.39, 0.29) is 26.2 Å². The van der Waals surface area contributed by atoms with Crippen LogP contribution >= 0.6 is 35.4 Å². The molecule has 0 heterocycles. The number of hydrogen-bond acceptors (Lipinski definition) is 3. The molecule has 0 saturated carbocycles. The molecule has 0 aromatic heterocycles. The summed E-state index contributed by atoms with van der Waals surface area (Å²) in [5, 5.41) is 10.2. The summed E-state index contributed by atoms with van der Waals surface area (Å²) in [4.78, 5) is 1.61. The van der Waals surface area contributed by atoms with Gasteiger partial charge in [0.25, 0.3) is 5.17 Å². The average molecular weight is 435 g/mol. The van der Waals surface area contributed by atoms with Crippen molar-refractivity contribution in [3.63, 3.8) is 0 Å². The van der Waals surface area contributed by atoms with Crippen molar-refractivity contribution in [1.29, 1.82) is 0 Å². The van der Waals surface area contributed by atoms with Crippen molar-refractivity contribution in [2.45, 2.75) is 0 Å². The van der Waals surface area contributed by atoms with Crippen LogP contribution in [0.3, 0.4) is 0 Å². The minimum atomic E-state index is 0. The van der Waals surface area contributed by atoms with Crippen LogP contribution in [-0.4, -0.2) is 24.7 Å². The van der Waals surface area contributed by atoms with E-state index in [1.54, 1.807) is 36.2 Å². The number of hydrogen-bond donors (Lipinski definition) is 1. The molecule has 1 N–H and O–H groups in total. The molecule has 8 heteroatoms. The number of anilines is 1. The predicted molar refractivity (Wildman–Crippen MR) is 92.1 cm³/mol. The van der Waals surface area contributed by atoms with Gasteiger partial charge in [0.2, 0.25) is 0 Å². The van der Waals surface area contributed by atoms with Crippen molar-refractivity contribution in [1.82, 2.24) is 0 Å². The van der Waals surface area contributed by atoms with Crippen LogP contribution in [0.1, 0.15) is 0 Å². The van der Waals surface area contributed by atoms with E-state index >= 15 is 0 Å². The Morgan fingerprint density at radius 2 is 1.82 bits per heavy atom. The quantitative estimate of drug-likeness (QED) is 0.594. The summed E-state index contributed by atoms with van der Waals surface area (Å²) in [5.74, 6) is 0.633. The number of benzene rings is 2. The maximum atomic E-state index is 9.15. The third-order valence-electron chi connectivity index (χ3n) is 2.79. The molecule has 0 aliphatic heterocycles. The molecular formula is C14H11BCl2MoNO2S. The van der Waals surface area contributed by atoms with Gasteiger partial charge in [0, 0.05) is 33.1 Å². The number of ether oxygens (including phenoxy) is 1. The molecule has 1 radical (unpaired) electrons. The molecule has 0 aliphatic rings. The number of nitrogens with zero attached hydrogens (tertiary/aromatic N) is 1. The molecule has 2 aromatic carbocycles. The second-order valence-electron chi connectivity index (χ2n) is 4.19. The van der Waals surface area contributed by atoms with E-state index in [1.165, 1.54) is 0 Å². The molecule has 2 aromatic rings. The summed E-state index contributed by atoms with van der Waals surface area (Å²) in [6, 6.07) is 12.4. The number of rotatable bonds is 3. The van der Waals surface area contributed by atoms with Gasteiger partial charge in [-0.2, -0.15) is 0 Å². The molecule has 22 heavy (non-hydrogen) atoms. The Bertz CT molecular complexity index is 661. The van der Waals surface area contributed by atoms with E-state index in [0.717, 1.165) is 7.48 Å². The molecule has 0 saturated heterocycles. The fourth-order valence-electron chi connectivity index (χ4n) is 1.67. The van der Waals surface area contributed by atoms with Crippen LogP contribution in [0.2, 0.25) is 10.0 Å². The monoisotopic (exact) mass is 436 g/mol. The minimum Gasteiger partial charge on any atom is -0.450 e. The smallest absolute Gasteiger partial charge is 0.328 e. The first-order valence-electron chi connectivity index (χ1n) is 6.00. The molecule has 0 amide bonds. The second kappa shape index (κ2) is 8.90. The van der Waals surface area contributed by atoms with Crippen LogP contribution in [0.15, 0.2) is 42.5 Å². The molecule has 0 aliphatic carbocycles. The number of para-hydroxylation sites is 1. The normalized spacial score (nSPS) is 9.64. The van der Waals surface area contributed by atoms with Crippen LogP contribution in [0.25, 0.3) is 0 Å². The van der Waals surface area contributed by atoms with E-state index in [2.05, 4.69) is 0 Å². The van der Waals surface area contributed by atoms with E-state index in [1.807, 2.05) is 18.2 Å². The fourth-order valence-corrected chi connectivity index (χ4v) is 2.42. The van der Waals surface area contributed by atoms with Crippen LogP contribution in [-0.2, 0) is 21.1 Å². The van der Waals surface area contributed by atoms with Crippen molar-refractivity contribution >= 4 is 59.2 Å². The van der Waals surface area contributed by atoms with Crippen molar-refractivity contribution in [2.75, 3.05) is 11.9 Å². The Kier molecular flexibility index (Phi) is 7.88. The van der Waals surface area contributed by atoms with Crippen LogP contribution < -0.4 is 15.1 Å². The Morgan fingerprint density at radius 3 is 2.41 bits per heavy atom. The van der Waals surface area contributed by atoms with Gasteiger partial charge in [-0.25, -0.2) is 0 Å². The topological polar surface area (TPSA) is 32.7 Å². The fraction of sp³-hybridized carbons (Fsp3) is 0.0714. The van der Waals surface area contributed by atoms with Gasteiger partial charge < -0.3 is 14.7 Å². The van der Waals surface area contributed by atoms with Crippen molar-refractivity contribution in [3.8, 4) is 5.75 Å². The Balaban J connectivity index is 0.00000242. The van der Waals surface area contributed by atoms with E-state index in [0.29, 0.717) is 26.9 Å². The summed E-state index contributed by atoms with van der Waals surface area (Å²) in [5.41, 5.74) is 1.03. The number of thiocarbonyl (C=S) groups is 1.